The van der Waals surface area contributed by atoms with Crippen LogP contribution in [0.25, 0.3) is 0 Å². The molecule has 0 radical (unpaired) electrons. The average molecular weight is 418 g/mol. The first-order valence-corrected chi connectivity index (χ1v) is 9.31. The van der Waals surface area contributed by atoms with Gasteiger partial charge in [-0.2, -0.15) is 0 Å². The zero-order valence-corrected chi connectivity index (χ0v) is 16.5. The predicted molar refractivity (Wildman–Crippen MR) is 102 cm³/mol. The largest absolute Gasteiger partial charge is 0.496 e. The van der Waals surface area contributed by atoms with Crippen molar-refractivity contribution >= 4 is 27.7 Å². The fourth-order valence-corrected chi connectivity index (χ4v) is 3.74. The van der Waals surface area contributed by atoms with Crippen LogP contribution in [0.5, 0.6) is 5.75 Å². The minimum Gasteiger partial charge on any atom is -0.496 e. The Morgan fingerprint density at radius 2 is 1.92 bits per heavy atom. The minimum absolute atomic E-state index is 0.107. The molecule has 0 aromatic heterocycles. The van der Waals surface area contributed by atoms with Crippen molar-refractivity contribution in [3.05, 3.63) is 64.1 Å². The van der Waals surface area contributed by atoms with E-state index in [2.05, 4.69) is 15.9 Å². The van der Waals surface area contributed by atoms with Crippen LogP contribution in [-0.2, 0) is 16.1 Å². The summed E-state index contributed by atoms with van der Waals surface area (Å²) in [6, 6.07) is 15.3. The van der Waals surface area contributed by atoms with E-state index in [0.29, 0.717) is 13.2 Å². The highest BCUT2D eigenvalue weighted by atomic mass is 79.9. The first-order chi connectivity index (χ1) is 12.5. The van der Waals surface area contributed by atoms with Crippen LogP contribution in [0.15, 0.2) is 53.0 Å². The van der Waals surface area contributed by atoms with Gasteiger partial charge in [0, 0.05) is 16.5 Å². The highest BCUT2D eigenvalue weighted by Crippen LogP contribution is 2.28. The van der Waals surface area contributed by atoms with Crippen LogP contribution in [0.4, 0.5) is 0 Å². The van der Waals surface area contributed by atoms with Crippen molar-refractivity contribution in [1.29, 1.82) is 0 Å². The predicted octanol–water partition coefficient (Wildman–Crippen LogP) is 1.97. The fourth-order valence-electron chi connectivity index (χ4n) is 3.33. The Hall–Kier alpha value is -2.18. The number of methoxy groups -OCH3 is 1. The quantitative estimate of drug-likeness (QED) is 0.730. The molecular weight excluding hydrogens is 396 g/mol. The maximum absolute atomic E-state index is 12.7. The Morgan fingerprint density at radius 3 is 2.62 bits per heavy atom. The highest BCUT2D eigenvalue weighted by Gasteiger charge is 2.40. The molecule has 0 spiro atoms. The third-order valence-electron chi connectivity index (χ3n) is 4.61. The van der Waals surface area contributed by atoms with Gasteiger partial charge in [0.25, 0.3) is 0 Å². The lowest BCUT2D eigenvalue weighted by molar-refractivity contribution is -0.901. The number of quaternary nitrogens is 1. The molecule has 1 N–H and O–H groups in total. The molecular formula is C20H22BrN2O3+. The molecule has 1 saturated heterocycles. The molecule has 136 valence electrons. The number of imide groups is 1. The molecule has 6 heteroatoms. The van der Waals surface area contributed by atoms with Gasteiger partial charge >= 0.3 is 0 Å². The molecule has 1 unspecified atom stereocenters. The van der Waals surface area contributed by atoms with E-state index >= 15 is 0 Å². The molecule has 2 amide bonds. The summed E-state index contributed by atoms with van der Waals surface area (Å²) in [5.41, 5.74) is 1.93. The zero-order chi connectivity index (χ0) is 18.7. The third kappa shape index (κ3) is 3.97. The van der Waals surface area contributed by atoms with Crippen LogP contribution >= 0.6 is 15.9 Å². The van der Waals surface area contributed by atoms with Crippen LogP contribution in [0, 0.1) is 0 Å². The van der Waals surface area contributed by atoms with E-state index in [4.69, 9.17) is 4.74 Å². The lowest BCUT2D eigenvalue weighted by Gasteiger charge is -2.21. The Morgan fingerprint density at radius 1 is 1.19 bits per heavy atom. The molecule has 0 aliphatic carbocycles. The van der Waals surface area contributed by atoms with Crippen molar-refractivity contribution in [1.82, 2.24) is 4.90 Å². The number of benzene rings is 2. The van der Waals surface area contributed by atoms with Crippen molar-refractivity contribution in [2.45, 2.75) is 18.9 Å². The van der Waals surface area contributed by atoms with Gasteiger partial charge in [-0.3, -0.25) is 9.59 Å². The molecule has 0 bridgehead atoms. The Labute approximate surface area is 161 Å². The number of likely N-dealkylation sites (tertiary alicyclic amines) is 1. The molecule has 1 heterocycles. The van der Waals surface area contributed by atoms with Crippen molar-refractivity contribution in [3.63, 3.8) is 0 Å². The van der Waals surface area contributed by atoms with E-state index < -0.39 is 0 Å². The molecule has 1 fully saturated rings. The van der Waals surface area contributed by atoms with Crippen LogP contribution in [0.1, 0.15) is 23.5 Å². The van der Waals surface area contributed by atoms with Crippen LogP contribution < -0.4 is 9.64 Å². The maximum Gasteiger partial charge on any atom is 0.241 e. The van der Waals surface area contributed by atoms with E-state index in [1.807, 2.05) is 55.6 Å². The van der Waals surface area contributed by atoms with Gasteiger partial charge < -0.3 is 9.64 Å². The van der Waals surface area contributed by atoms with Gasteiger partial charge in [-0.15, -0.1) is 0 Å². The number of ether oxygens (including phenoxy) is 1. The zero-order valence-electron chi connectivity index (χ0n) is 14.9. The fraction of sp³-hybridized carbons (Fsp3) is 0.300. The van der Waals surface area contributed by atoms with Crippen molar-refractivity contribution in [3.8, 4) is 5.75 Å². The van der Waals surface area contributed by atoms with Gasteiger partial charge in [-0.05, 0) is 23.8 Å². The van der Waals surface area contributed by atoms with Crippen molar-refractivity contribution < 1.29 is 19.2 Å². The van der Waals surface area contributed by atoms with E-state index in [9.17, 15) is 9.59 Å². The smallest absolute Gasteiger partial charge is 0.241 e. The normalized spacial score (nSPS) is 18.3. The molecule has 2 aromatic rings. The van der Waals surface area contributed by atoms with Gasteiger partial charge in [0.15, 0.2) is 6.67 Å². The third-order valence-corrected chi connectivity index (χ3v) is 5.10. The first-order valence-electron chi connectivity index (χ1n) is 8.52. The second-order valence-corrected chi connectivity index (χ2v) is 7.49. The number of hydrogen-bond acceptors (Lipinski definition) is 3. The van der Waals surface area contributed by atoms with E-state index in [0.717, 1.165) is 26.2 Å². The minimum atomic E-state index is -0.364. The number of carbonyl (C=O) groups excluding carboxylic acids is 2. The summed E-state index contributed by atoms with van der Waals surface area (Å²) < 4.78 is 6.38. The van der Waals surface area contributed by atoms with Crippen LogP contribution in [-0.4, -0.2) is 37.5 Å². The number of carbonyl (C=O) groups is 2. The second-order valence-electron chi connectivity index (χ2n) is 6.58. The number of halogens is 1. The number of amides is 2. The average Bonchev–Trinajstić information content (AvgIpc) is 2.91. The second kappa shape index (κ2) is 8.01. The number of nitrogens with zero attached hydrogens (tertiary/aromatic N) is 1. The molecule has 1 aliphatic rings. The Bertz CT molecular complexity index is 810. The monoisotopic (exact) mass is 417 g/mol. The number of rotatable bonds is 6. The molecule has 5 nitrogen and oxygen atoms in total. The molecule has 2 atom stereocenters. The summed E-state index contributed by atoms with van der Waals surface area (Å²) >= 11 is 3.47. The molecule has 0 saturated carbocycles. The van der Waals surface area contributed by atoms with E-state index in [1.54, 1.807) is 7.11 Å². The molecule has 3 rings (SSSR count). The number of hydrogen-bond donors (Lipinski definition) is 1. The highest BCUT2D eigenvalue weighted by molar-refractivity contribution is 9.10. The topological polar surface area (TPSA) is 51.1 Å². The van der Waals surface area contributed by atoms with Gasteiger partial charge in [-0.25, -0.2) is 4.90 Å². The molecule has 1 aliphatic heterocycles. The van der Waals surface area contributed by atoms with Crippen molar-refractivity contribution in [2.24, 2.45) is 0 Å². The Balaban J connectivity index is 1.70. The lowest BCUT2D eigenvalue weighted by atomic mass is 9.98. The summed E-state index contributed by atoms with van der Waals surface area (Å²) in [7, 11) is 3.61. The van der Waals surface area contributed by atoms with Crippen LogP contribution in [0.3, 0.4) is 0 Å². The summed E-state index contributed by atoms with van der Waals surface area (Å²) in [6.45, 7) is 0.992. The summed E-state index contributed by atoms with van der Waals surface area (Å²) in [4.78, 5) is 27.6. The Kier molecular flexibility index (Phi) is 5.74. The summed E-state index contributed by atoms with van der Waals surface area (Å²) in [6.07, 6.45) is 0.246. The summed E-state index contributed by atoms with van der Waals surface area (Å²) in [5.74, 6) is 0.219. The lowest BCUT2D eigenvalue weighted by Crippen LogP contribution is -3.09. The maximum atomic E-state index is 12.7. The molecule has 26 heavy (non-hydrogen) atoms. The van der Waals surface area contributed by atoms with Gasteiger partial charge in [0.1, 0.15) is 12.3 Å². The van der Waals surface area contributed by atoms with Gasteiger partial charge in [0.05, 0.1) is 20.1 Å². The number of nitrogens with one attached hydrogen (secondary N) is 1. The van der Waals surface area contributed by atoms with E-state index in [-0.39, 0.29) is 24.2 Å². The first kappa shape index (κ1) is 18.6. The standard InChI is InChI=1S/C20H21BrN2O3/c1-22(12-15-10-16(21)8-9-18(15)26-2)13-23-19(24)11-17(20(23)25)14-6-4-3-5-7-14/h3-10,17H,11-13H2,1-2H3/p+1/t17-/m1/s1. The van der Waals surface area contributed by atoms with Crippen molar-refractivity contribution in [2.75, 3.05) is 20.8 Å². The van der Waals surface area contributed by atoms with E-state index in [1.165, 1.54) is 4.90 Å². The molecule has 2 aromatic carbocycles. The summed E-state index contributed by atoms with van der Waals surface area (Å²) in [5, 5.41) is 0. The van der Waals surface area contributed by atoms with Gasteiger partial charge in [0.2, 0.25) is 11.8 Å². The van der Waals surface area contributed by atoms with Crippen LogP contribution in [0.2, 0.25) is 0 Å². The van der Waals surface area contributed by atoms with Gasteiger partial charge in [-0.1, -0.05) is 46.3 Å². The SMILES string of the molecule is COc1ccc(Br)cc1C[NH+](C)CN1C(=O)C[C@H](c2ccccc2)C1=O.